The molecule has 7 heteroatoms. The lowest BCUT2D eigenvalue weighted by Crippen LogP contribution is -2.42. The van der Waals surface area contributed by atoms with Gasteiger partial charge in [-0.2, -0.15) is 0 Å². The van der Waals surface area contributed by atoms with Crippen LogP contribution in [0, 0.1) is 25.7 Å². The van der Waals surface area contributed by atoms with E-state index in [4.69, 9.17) is 9.47 Å². The Labute approximate surface area is 176 Å². The molecule has 158 valence electrons. The highest BCUT2D eigenvalue weighted by Crippen LogP contribution is 2.55. The molecule has 1 N–H and O–H groups in total. The van der Waals surface area contributed by atoms with Crippen LogP contribution < -0.4 is 15.0 Å². The van der Waals surface area contributed by atoms with Gasteiger partial charge in [-0.05, 0) is 56.5 Å². The van der Waals surface area contributed by atoms with E-state index in [9.17, 15) is 4.79 Å². The second kappa shape index (κ2) is 7.23. The van der Waals surface area contributed by atoms with E-state index >= 15 is 0 Å². The Balaban J connectivity index is 1.29. The molecule has 1 spiro atoms. The highest BCUT2D eigenvalue weighted by molar-refractivity contribution is 5.95. The van der Waals surface area contributed by atoms with Gasteiger partial charge >= 0.3 is 0 Å². The number of ether oxygens (including phenoxy) is 2. The van der Waals surface area contributed by atoms with Crippen molar-refractivity contribution < 1.29 is 14.3 Å². The predicted molar refractivity (Wildman–Crippen MR) is 113 cm³/mol. The van der Waals surface area contributed by atoms with Gasteiger partial charge in [0, 0.05) is 43.2 Å². The second-order valence-electron chi connectivity index (χ2n) is 8.76. The van der Waals surface area contributed by atoms with Gasteiger partial charge in [-0.15, -0.1) is 0 Å². The number of carbonyl (C=O) groups excluding carboxylic acids is 1. The number of hydrogen-bond acceptors (Lipinski definition) is 6. The molecule has 1 aromatic heterocycles. The Morgan fingerprint density at radius 2 is 2.23 bits per heavy atom. The minimum absolute atomic E-state index is 0.0340. The van der Waals surface area contributed by atoms with Crippen molar-refractivity contribution in [2.24, 2.45) is 11.8 Å². The smallest absolute Gasteiger partial charge is 0.251 e. The molecule has 0 radical (unpaired) electrons. The third-order valence-electron chi connectivity index (χ3n) is 7.05. The summed E-state index contributed by atoms with van der Waals surface area (Å²) < 4.78 is 11.8. The summed E-state index contributed by atoms with van der Waals surface area (Å²) in [7, 11) is 1.63. The van der Waals surface area contributed by atoms with Crippen LogP contribution in [0.4, 0.5) is 5.82 Å². The Bertz CT molecular complexity index is 981. The number of carbonyl (C=O) groups is 1. The number of aromatic nitrogens is 2. The number of fused-ring (bicyclic) bond motifs is 1. The third-order valence-corrected chi connectivity index (χ3v) is 7.05. The molecule has 3 fully saturated rings. The van der Waals surface area contributed by atoms with E-state index in [-0.39, 0.29) is 17.6 Å². The summed E-state index contributed by atoms with van der Waals surface area (Å²) in [5.41, 5.74) is 1.51. The van der Waals surface area contributed by atoms with E-state index in [1.54, 1.807) is 7.11 Å². The monoisotopic (exact) mass is 408 g/mol. The quantitative estimate of drug-likeness (QED) is 0.819. The van der Waals surface area contributed by atoms with Crippen LogP contribution in [0.25, 0.3) is 0 Å². The largest absolute Gasteiger partial charge is 0.497 e. The Hall–Kier alpha value is -2.67. The van der Waals surface area contributed by atoms with Gasteiger partial charge in [0.25, 0.3) is 5.91 Å². The molecule has 1 amide bonds. The van der Waals surface area contributed by atoms with Crippen LogP contribution in [-0.2, 0) is 4.74 Å². The van der Waals surface area contributed by atoms with Gasteiger partial charge < -0.3 is 19.7 Å². The highest BCUT2D eigenvalue weighted by atomic mass is 16.5. The van der Waals surface area contributed by atoms with Crippen LogP contribution in [0.15, 0.2) is 30.5 Å². The maximum Gasteiger partial charge on any atom is 0.251 e. The Morgan fingerprint density at radius 3 is 3.00 bits per heavy atom. The van der Waals surface area contributed by atoms with Crippen molar-refractivity contribution in [2.75, 3.05) is 31.6 Å². The van der Waals surface area contributed by atoms with Gasteiger partial charge in [0.05, 0.1) is 18.8 Å². The number of benzene rings is 1. The number of hydrogen-bond donors (Lipinski definition) is 1. The van der Waals surface area contributed by atoms with Gasteiger partial charge in [0.1, 0.15) is 17.4 Å². The molecule has 3 aliphatic rings. The molecule has 4 heterocycles. The van der Waals surface area contributed by atoms with Crippen molar-refractivity contribution >= 4 is 11.7 Å². The Kier molecular flexibility index (Phi) is 4.65. The molecule has 0 unspecified atom stereocenters. The number of nitrogens with one attached hydrogen (secondary N) is 1. The van der Waals surface area contributed by atoms with Crippen molar-refractivity contribution in [3.05, 3.63) is 47.4 Å². The molecule has 2 bridgehead atoms. The molecular formula is C23H28N4O3. The van der Waals surface area contributed by atoms with Crippen LogP contribution in [0.1, 0.15) is 34.6 Å². The number of anilines is 1. The maximum absolute atomic E-state index is 12.8. The van der Waals surface area contributed by atoms with Crippen molar-refractivity contribution in [1.82, 2.24) is 15.3 Å². The molecule has 0 aliphatic carbocycles. The first kappa shape index (κ1) is 19.3. The zero-order valence-electron chi connectivity index (χ0n) is 17.7. The number of rotatable bonds is 5. The number of aryl methyl sites for hydroxylation is 2. The predicted octanol–water partition coefficient (Wildman–Crippen LogP) is 2.52. The molecule has 30 heavy (non-hydrogen) atoms. The van der Waals surface area contributed by atoms with Gasteiger partial charge in [-0.25, -0.2) is 9.97 Å². The standard InChI is InChI=1S/C23H28N4O3/c1-14-10-16(29-3)4-5-17(14)22(28)25-11-18-19-12-27(21-7-9-24-15(2)26-21)13-23(19)8-6-20(18)30-23/h4-5,7,9-10,18-20H,6,8,11-13H2,1-3H3,(H,25,28)/t18-,19+,20+,23+/m0/s1. The first-order valence-corrected chi connectivity index (χ1v) is 10.6. The van der Waals surface area contributed by atoms with Crippen LogP contribution >= 0.6 is 0 Å². The summed E-state index contributed by atoms with van der Waals surface area (Å²) >= 11 is 0. The van der Waals surface area contributed by atoms with E-state index in [2.05, 4.69) is 20.2 Å². The lowest BCUT2D eigenvalue weighted by molar-refractivity contribution is 0.0141. The van der Waals surface area contributed by atoms with E-state index in [1.165, 1.54) is 0 Å². The zero-order valence-corrected chi connectivity index (χ0v) is 17.7. The van der Waals surface area contributed by atoms with Crippen LogP contribution in [0.3, 0.4) is 0 Å². The first-order valence-electron chi connectivity index (χ1n) is 10.6. The molecule has 0 saturated carbocycles. The van der Waals surface area contributed by atoms with Crippen molar-refractivity contribution in [2.45, 2.75) is 38.4 Å². The van der Waals surface area contributed by atoms with E-state index in [0.29, 0.717) is 23.9 Å². The van der Waals surface area contributed by atoms with Gasteiger partial charge in [-0.1, -0.05) is 0 Å². The zero-order chi connectivity index (χ0) is 20.9. The van der Waals surface area contributed by atoms with E-state index in [1.807, 2.05) is 44.3 Å². The average molecular weight is 409 g/mol. The van der Waals surface area contributed by atoms with Crippen LogP contribution in [0.2, 0.25) is 0 Å². The molecule has 5 rings (SSSR count). The number of nitrogens with zero attached hydrogens (tertiary/aromatic N) is 3. The second-order valence-corrected chi connectivity index (χ2v) is 8.76. The minimum Gasteiger partial charge on any atom is -0.497 e. The van der Waals surface area contributed by atoms with Crippen molar-refractivity contribution in [1.29, 1.82) is 0 Å². The fourth-order valence-corrected chi connectivity index (χ4v) is 5.58. The van der Waals surface area contributed by atoms with Gasteiger partial charge in [-0.3, -0.25) is 4.79 Å². The van der Waals surface area contributed by atoms with Gasteiger partial charge in [0.15, 0.2) is 0 Å². The topological polar surface area (TPSA) is 76.6 Å². The molecule has 3 aliphatic heterocycles. The molecule has 3 saturated heterocycles. The summed E-state index contributed by atoms with van der Waals surface area (Å²) in [4.78, 5) is 24.0. The van der Waals surface area contributed by atoms with Crippen molar-refractivity contribution in [3.63, 3.8) is 0 Å². The summed E-state index contributed by atoms with van der Waals surface area (Å²) in [5.74, 6) is 3.21. The lowest BCUT2D eigenvalue weighted by atomic mass is 9.73. The lowest BCUT2D eigenvalue weighted by Gasteiger charge is -2.29. The minimum atomic E-state index is -0.102. The van der Waals surface area contributed by atoms with Crippen LogP contribution in [0.5, 0.6) is 5.75 Å². The third kappa shape index (κ3) is 3.12. The first-order chi connectivity index (χ1) is 14.5. The molecule has 1 aromatic carbocycles. The maximum atomic E-state index is 12.8. The molecular weight excluding hydrogens is 380 g/mol. The average Bonchev–Trinajstić information content (AvgIpc) is 3.40. The SMILES string of the molecule is COc1ccc(C(=O)NC[C@H]2[C@H]3CN(c4ccnc(C)n4)C[C@]34CC[C@H]2O4)c(C)c1. The van der Waals surface area contributed by atoms with E-state index < -0.39 is 0 Å². The summed E-state index contributed by atoms with van der Waals surface area (Å²) in [6, 6.07) is 7.52. The molecule has 4 atom stereocenters. The summed E-state index contributed by atoms with van der Waals surface area (Å²) in [5, 5.41) is 3.17. The summed E-state index contributed by atoms with van der Waals surface area (Å²) in [6.45, 7) is 6.27. The van der Waals surface area contributed by atoms with E-state index in [0.717, 1.165) is 48.9 Å². The van der Waals surface area contributed by atoms with Gasteiger partial charge in [0.2, 0.25) is 0 Å². The van der Waals surface area contributed by atoms with Crippen molar-refractivity contribution in [3.8, 4) is 5.75 Å². The Morgan fingerprint density at radius 1 is 1.37 bits per heavy atom. The fourth-order valence-electron chi connectivity index (χ4n) is 5.58. The fraction of sp³-hybridized carbons (Fsp3) is 0.522. The number of methoxy groups -OCH3 is 1. The number of amides is 1. The summed E-state index contributed by atoms with van der Waals surface area (Å²) in [6.07, 6.45) is 4.21. The van der Waals surface area contributed by atoms with Crippen LogP contribution in [-0.4, -0.2) is 54.3 Å². The highest BCUT2D eigenvalue weighted by Gasteiger charge is 2.63. The molecule has 2 aromatic rings. The normalized spacial score (nSPS) is 29.2. The molecule has 7 nitrogen and oxygen atoms in total.